The summed E-state index contributed by atoms with van der Waals surface area (Å²) in [7, 11) is 0. The van der Waals surface area contributed by atoms with Crippen molar-refractivity contribution in [1.82, 2.24) is 15.3 Å². The van der Waals surface area contributed by atoms with Gasteiger partial charge >= 0.3 is 0 Å². The fraction of sp³-hybridized carbons (Fsp3) is 0.375. The van der Waals surface area contributed by atoms with Crippen LogP contribution in [0.25, 0.3) is 11.3 Å². The highest BCUT2D eigenvalue weighted by Gasteiger charge is 2.03. The van der Waals surface area contributed by atoms with Crippen molar-refractivity contribution >= 4 is 5.69 Å². The molecule has 0 spiro atoms. The number of aromatic nitrogens is 2. The van der Waals surface area contributed by atoms with Crippen molar-refractivity contribution in [1.29, 1.82) is 0 Å². The smallest absolute Gasteiger partial charge is 0.116 e. The summed E-state index contributed by atoms with van der Waals surface area (Å²) in [6.45, 7) is 5.62. The molecule has 112 valence electrons. The minimum absolute atomic E-state index is 0.160. The first-order valence-corrected chi connectivity index (χ1v) is 7.16. The minimum atomic E-state index is 0.160. The zero-order chi connectivity index (χ0) is 15.1. The van der Waals surface area contributed by atoms with Gasteiger partial charge < -0.3 is 15.7 Å². The Balaban J connectivity index is 2.01. The van der Waals surface area contributed by atoms with E-state index in [1.165, 1.54) is 0 Å². The Labute approximate surface area is 125 Å². The Morgan fingerprint density at radius 3 is 2.86 bits per heavy atom. The van der Waals surface area contributed by atoms with Crippen LogP contribution in [0.15, 0.2) is 36.7 Å². The van der Waals surface area contributed by atoms with Crippen molar-refractivity contribution in [2.24, 2.45) is 0 Å². The first kappa shape index (κ1) is 15.4. The third-order valence-electron chi connectivity index (χ3n) is 3.18. The maximum absolute atomic E-state index is 8.79. The molecular weight excluding hydrogens is 264 g/mol. The van der Waals surface area contributed by atoms with Crippen LogP contribution < -0.4 is 10.6 Å². The van der Waals surface area contributed by atoms with E-state index < -0.39 is 0 Å². The van der Waals surface area contributed by atoms with E-state index in [2.05, 4.69) is 33.6 Å². The van der Waals surface area contributed by atoms with Crippen LogP contribution in [0.3, 0.4) is 0 Å². The molecule has 2 aromatic rings. The maximum atomic E-state index is 8.79. The lowest BCUT2D eigenvalue weighted by Crippen LogP contribution is -2.34. The van der Waals surface area contributed by atoms with Crippen LogP contribution in [0.2, 0.25) is 0 Å². The van der Waals surface area contributed by atoms with E-state index in [1.807, 2.05) is 31.2 Å². The maximum Gasteiger partial charge on any atom is 0.116 e. The first-order chi connectivity index (χ1) is 10.2. The summed E-state index contributed by atoms with van der Waals surface area (Å²) in [6, 6.07) is 10.4. The van der Waals surface area contributed by atoms with Gasteiger partial charge in [0, 0.05) is 36.1 Å². The Bertz CT molecular complexity index is 574. The highest BCUT2D eigenvalue weighted by molar-refractivity contribution is 5.65. The molecule has 5 nitrogen and oxygen atoms in total. The van der Waals surface area contributed by atoms with Crippen LogP contribution in [-0.2, 0) is 0 Å². The molecule has 1 unspecified atom stereocenters. The topological polar surface area (TPSA) is 70.1 Å². The van der Waals surface area contributed by atoms with Gasteiger partial charge in [0.15, 0.2) is 0 Å². The lowest BCUT2D eigenvalue weighted by molar-refractivity contribution is 0.287. The largest absolute Gasteiger partial charge is 0.395 e. The van der Waals surface area contributed by atoms with Gasteiger partial charge in [0.1, 0.15) is 6.33 Å². The van der Waals surface area contributed by atoms with Crippen LogP contribution >= 0.6 is 0 Å². The molecule has 5 heteroatoms. The van der Waals surface area contributed by atoms with Crippen molar-refractivity contribution < 1.29 is 5.11 Å². The predicted octanol–water partition coefficient (Wildman–Crippen LogP) is 1.83. The second-order valence-electron chi connectivity index (χ2n) is 5.09. The molecule has 3 N–H and O–H groups in total. The lowest BCUT2D eigenvalue weighted by Gasteiger charge is -2.15. The third-order valence-corrected chi connectivity index (χ3v) is 3.18. The van der Waals surface area contributed by atoms with Gasteiger partial charge in [0.05, 0.1) is 12.3 Å². The monoisotopic (exact) mass is 286 g/mol. The summed E-state index contributed by atoms with van der Waals surface area (Å²) in [6.07, 6.45) is 1.59. The number of nitrogens with one attached hydrogen (secondary N) is 2. The number of aliphatic hydroxyl groups excluding tert-OH is 1. The molecule has 2 rings (SSSR count). The van der Waals surface area contributed by atoms with Crippen molar-refractivity contribution in [3.63, 3.8) is 0 Å². The molecular formula is C16H22N4O. The summed E-state index contributed by atoms with van der Waals surface area (Å²) in [5, 5.41) is 15.4. The van der Waals surface area contributed by atoms with E-state index in [0.29, 0.717) is 12.6 Å². The van der Waals surface area contributed by atoms with Gasteiger partial charge in [-0.3, -0.25) is 0 Å². The number of aryl methyl sites for hydroxylation is 1. The van der Waals surface area contributed by atoms with Crippen LogP contribution in [-0.4, -0.2) is 40.8 Å². The molecule has 1 aromatic carbocycles. The second kappa shape index (κ2) is 7.71. The van der Waals surface area contributed by atoms with Crippen LogP contribution in [0.4, 0.5) is 5.69 Å². The Hall–Kier alpha value is -1.98. The van der Waals surface area contributed by atoms with Gasteiger partial charge in [-0.2, -0.15) is 0 Å². The number of hydrogen-bond acceptors (Lipinski definition) is 5. The van der Waals surface area contributed by atoms with Gasteiger partial charge in [-0.1, -0.05) is 12.1 Å². The zero-order valence-corrected chi connectivity index (χ0v) is 12.5. The molecule has 0 bridgehead atoms. The number of aliphatic hydroxyl groups is 1. The SMILES string of the molecule is Cc1cc(-c2cccc(NCC(C)NCCO)c2)ncn1. The van der Waals surface area contributed by atoms with Crippen molar-refractivity contribution in [2.45, 2.75) is 19.9 Å². The molecule has 1 heterocycles. The molecule has 0 aliphatic carbocycles. The highest BCUT2D eigenvalue weighted by atomic mass is 16.3. The van der Waals surface area contributed by atoms with Gasteiger partial charge in [-0.15, -0.1) is 0 Å². The number of anilines is 1. The van der Waals surface area contributed by atoms with E-state index in [-0.39, 0.29) is 6.61 Å². The highest BCUT2D eigenvalue weighted by Crippen LogP contribution is 2.20. The summed E-state index contributed by atoms with van der Waals surface area (Å²) in [5.41, 5.74) is 4.01. The number of benzene rings is 1. The minimum Gasteiger partial charge on any atom is -0.395 e. The fourth-order valence-electron chi connectivity index (χ4n) is 2.05. The molecule has 0 aliphatic heterocycles. The van der Waals surface area contributed by atoms with Crippen LogP contribution in [0, 0.1) is 6.92 Å². The average Bonchev–Trinajstić information content (AvgIpc) is 2.51. The van der Waals surface area contributed by atoms with Crippen molar-refractivity contribution in [3.8, 4) is 11.3 Å². The predicted molar refractivity (Wildman–Crippen MR) is 85.2 cm³/mol. The quantitative estimate of drug-likeness (QED) is 0.724. The van der Waals surface area contributed by atoms with Gasteiger partial charge in [0.25, 0.3) is 0 Å². The van der Waals surface area contributed by atoms with E-state index in [4.69, 9.17) is 5.11 Å². The summed E-state index contributed by atoms with van der Waals surface area (Å²) in [5.74, 6) is 0. The fourth-order valence-corrected chi connectivity index (χ4v) is 2.05. The van der Waals surface area contributed by atoms with E-state index in [1.54, 1.807) is 6.33 Å². The van der Waals surface area contributed by atoms with Gasteiger partial charge in [-0.25, -0.2) is 9.97 Å². The number of hydrogen-bond donors (Lipinski definition) is 3. The number of nitrogens with zero attached hydrogens (tertiary/aromatic N) is 2. The molecule has 1 aromatic heterocycles. The molecule has 0 saturated carbocycles. The second-order valence-corrected chi connectivity index (χ2v) is 5.09. The number of rotatable bonds is 7. The van der Waals surface area contributed by atoms with E-state index in [9.17, 15) is 0 Å². The zero-order valence-electron chi connectivity index (χ0n) is 12.5. The molecule has 1 atom stereocenters. The molecule has 0 saturated heterocycles. The summed E-state index contributed by atoms with van der Waals surface area (Å²) < 4.78 is 0. The van der Waals surface area contributed by atoms with Crippen molar-refractivity contribution in [2.75, 3.05) is 25.0 Å². The molecule has 0 aliphatic rings. The Kier molecular flexibility index (Phi) is 5.66. The molecule has 0 amide bonds. The molecule has 0 fully saturated rings. The summed E-state index contributed by atoms with van der Waals surface area (Å²) in [4.78, 5) is 8.43. The first-order valence-electron chi connectivity index (χ1n) is 7.16. The van der Waals surface area contributed by atoms with Gasteiger partial charge in [-0.05, 0) is 32.0 Å². The van der Waals surface area contributed by atoms with Crippen LogP contribution in [0.1, 0.15) is 12.6 Å². The standard InChI is InChI=1S/C16H22N4O/c1-12-8-16(20-11-19-12)14-4-3-5-15(9-14)18-10-13(2)17-6-7-21/h3-5,8-9,11,13,17-18,21H,6-7,10H2,1-2H3. The van der Waals surface area contributed by atoms with Crippen LogP contribution in [0.5, 0.6) is 0 Å². The lowest BCUT2D eigenvalue weighted by atomic mass is 10.1. The Morgan fingerprint density at radius 2 is 2.10 bits per heavy atom. The summed E-state index contributed by atoms with van der Waals surface area (Å²) >= 11 is 0. The third kappa shape index (κ3) is 4.81. The van der Waals surface area contributed by atoms with E-state index in [0.717, 1.165) is 29.2 Å². The van der Waals surface area contributed by atoms with Crippen molar-refractivity contribution in [3.05, 3.63) is 42.4 Å². The Morgan fingerprint density at radius 1 is 1.24 bits per heavy atom. The normalized spacial score (nSPS) is 12.1. The molecule has 21 heavy (non-hydrogen) atoms. The molecule has 0 radical (unpaired) electrons. The van der Waals surface area contributed by atoms with Gasteiger partial charge in [0.2, 0.25) is 0 Å². The average molecular weight is 286 g/mol. The van der Waals surface area contributed by atoms with E-state index >= 15 is 0 Å².